The Kier molecular flexibility index (Phi) is 5.99. The van der Waals surface area contributed by atoms with Gasteiger partial charge in [0.2, 0.25) is 5.75 Å². The number of anilines is 1. The van der Waals surface area contributed by atoms with Gasteiger partial charge in [0.25, 0.3) is 5.91 Å². The molecule has 3 aromatic carbocycles. The van der Waals surface area contributed by atoms with Crippen LogP contribution in [0.3, 0.4) is 0 Å². The third kappa shape index (κ3) is 4.47. The first-order valence-electron chi connectivity index (χ1n) is 8.53. The van der Waals surface area contributed by atoms with Gasteiger partial charge in [-0.05, 0) is 42.5 Å². The highest BCUT2D eigenvalue weighted by molar-refractivity contribution is 6.30. The van der Waals surface area contributed by atoms with Gasteiger partial charge in [-0.3, -0.25) is 14.9 Å². The molecule has 0 aliphatic carbocycles. The predicted octanol–water partition coefficient (Wildman–Crippen LogP) is 5.33. The molecular weight excluding hydrogens is 396 g/mol. The summed E-state index contributed by atoms with van der Waals surface area (Å²) in [5.41, 5.74) is 0.850. The number of para-hydroxylation sites is 1. The molecule has 0 saturated heterocycles. The number of ether oxygens (including phenoxy) is 2. The third-order valence-electron chi connectivity index (χ3n) is 4.20. The quantitative estimate of drug-likeness (QED) is 0.404. The fourth-order valence-electron chi connectivity index (χ4n) is 2.69. The molecule has 148 valence electrons. The lowest BCUT2D eigenvalue weighted by Gasteiger charge is -2.18. The van der Waals surface area contributed by atoms with Crippen LogP contribution in [0.5, 0.6) is 17.2 Å². The molecule has 1 amide bonds. The van der Waals surface area contributed by atoms with Crippen LogP contribution in [0.15, 0.2) is 66.7 Å². The van der Waals surface area contributed by atoms with Crippen LogP contribution >= 0.6 is 11.6 Å². The second-order valence-electron chi connectivity index (χ2n) is 6.04. The van der Waals surface area contributed by atoms with E-state index >= 15 is 0 Å². The van der Waals surface area contributed by atoms with Gasteiger partial charge in [-0.25, -0.2) is 0 Å². The molecule has 0 heterocycles. The summed E-state index contributed by atoms with van der Waals surface area (Å²) in [6.45, 7) is 0. The zero-order chi connectivity index (χ0) is 21.0. The molecule has 0 fully saturated rings. The largest absolute Gasteiger partial charge is 0.493 e. The Balaban J connectivity index is 1.90. The zero-order valence-electron chi connectivity index (χ0n) is 15.7. The second-order valence-corrected chi connectivity index (χ2v) is 6.47. The van der Waals surface area contributed by atoms with Crippen LogP contribution in [-0.2, 0) is 0 Å². The number of amides is 1. The molecule has 0 N–H and O–H groups in total. The molecule has 0 bridgehead atoms. The molecule has 0 aliphatic rings. The van der Waals surface area contributed by atoms with Gasteiger partial charge in [0.15, 0.2) is 11.5 Å². The van der Waals surface area contributed by atoms with Crippen molar-refractivity contribution in [1.29, 1.82) is 0 Å². The molecule has 0 spiro atoms. The summed E-state index contributed by atoms with van der Waals surface area (Å²) in [7, 11) is 3.10. The summed E-state index contributed by atoms with van der Waals surface area (Å²) in [6, 6.07) is 17.9. The van der Waals surface area contributed by atoms with Crippen molar-refractivity contribution in [2.45, 2.75) is 0 Å². The van der Waals surface area contributed by atoms with Crippen LogP contribution < -0.4 is 14.4 Å². The summed E-state index contributed by atoms with van der Waals surface area (Å²) in [6.07, 6.45) is 0. The molecule has 7 nitrogen and oxygen atoms in total. The number of nitrogens with zero attached hydrogens (tertiary/aromatic N) is 2. The van der Waals surface area contributed by atoms with Crippen molar-refractivity contribution in [1.82, 2.24) is 0 Å². The van der Waals surface area contributed by atoms with E-state index in [4.69, 9.17) is 21.1 Å². The molecule has 0 radical (unpaired) electrons. The summed E-state index contributed by atoms with van der Waals surface area (Å²) in [5.74, 6) is 0.273. The lowest BCUT2D eigenvalue weighted by molar-refractivity contribution is -0.385. The monoisotopic (exact) mass is 412 g/mol. The number of carbonyl (C=O) groups is 1. The molecule has 29 heavy (non-hydrogen) atoms. The molecule has 3 rings (SSSR count). The summed E-state index contributed by atoms with van der Waals surface area (Å²) in [4.78, 5) is 25.0. The molecule has 0 saturated carbocycles. The van der Waals surface area contributed by atoms with Crippen molar-refractivity contribution in [3.63, 3.8) is 0 Å². The van der Waals surface area contributed by atoms with Gasteiger partial charge in [0.1, 0.15) is 0 Å². The van der Waals surface area contributed by atoms with Crippen molar-refractivity contribution in [2.24, 2.45) is 0 Å². The van der Waals surface area contributed by atoms with Gasteiger partial charge in [-0.15, -0.1) is 0 Å². The number of carbonyl (C=O) groups excluding carboxylic acids is 1. The van der Waals surface area contributed by atoms with E-state index in [1.54, 1.807) is 13.1 Å². The number of nitro groups is 1. The molecule has 0 atom stereocenters. The topological polar surface area (TPSA) is 81.9 Å². The number of benzene rings is 3. The summed E-state index contributed by atoms with van der Waals surface area (Å²) in [5, 5.41) is 11.5. The van der Waals surface area contributed by atoms with Gasteiger partial charge in [-0.1, -0.05) is 29.8 Å². The molecule has 0 aromatic heterocycles. The maximum Gasteiger partial charge on any atom is 0.313 e. The highest BCUT2D eigenvalue weighted by Gasteiger charge is 2.20. The fourth-order valence-corrected chi connectivity index (χ4v) is 2.85. The smallest absolute Gasteiger partial charge is 0.313 e. The zero-order valence-corrected chi connectivity index (χ0v) is 16.4. The van der Waals surface area contributed by atoms with Crippen molar-refractivity contribution in [3.05, 3.63) is 87.4 Å². The number of methoxy groups -OCH3 is 1. The lowest BCUT2D eigenvalue weighted by atomic mass is 10.1. The number of nitro benzene ring substituents is 1. The van der Waals surface area contributed by atoms with Crippen LogP contribution in [0.1, 0.15) is 10.4 Å². The van der Waals surface area contributed by atoms with Crippen molar-refractivity contribution in [2.75, 3.05) is 19.1 Å². The van der Waals surface area contributed by atoms with E-state index in [9.17, 15) is 14.9 Å². The predicted molar refractivity (Wildman–Crippen MR) is 110 cm³/mol. The maximum atomic E-state index is 12.8. The van der Waals surface area contributed by atoms with Crippen molar-refractivity contribution in [3.8, 4) is 17.2 Å². The third-order valence-corrected chi connectivity index (χ3v) is 4.43. The number of rotatable bonds is 6. The first-order valence-corrected chi connectivity index (χ1v) is 8.91. The minimum absolute atomic E-state index is 0.0122. The summed E-state index contributed by atoms with van der Waals surface area (Å²) < 4.78 is 11.0. The Morgan fingerprint density at radius 2 is 1.69 bits per heavy atom. The number of hydrogen-bond acceptors (Lipinski definition) is 5. The average molecular weight is 413 g/mol. The van der Waals surface area contributed by atoms with Crippen LogP contribution in [0, 0.1) is 10.1 Å². The normalized spacial score (nSPS) is 10.3. The van der Waals surface area contributed by atoms with Gasteiger partial charge in [0.05, 0.1) is 12.0 Å². The van der Waals surface area contributed by atoms with Gasteiger partial charge < -0.3 is 14.4 Å². The molecule has 0 unspecified atom stereocenters. The van der Waals surface area contributed by atoms with E-state index in [1.807, 2.05) is 30.3 Å². The molecular formula is C21H17ClN2O5. The van der Waals surface area contributed by atoms with Crippen LogP contribution in [0.2, 0.25) is 5.02 Å². The second kappa shape index (κ2) is 8.62. The fraction of sp³-hybridized carbons (Fsp3) is 0.0952. The highest BCUT2D eigenvalue weighted by atomic mass is 35.5. The Morgan fingerprint density at radius 1 is 1.00 bits per heavy atom. The molecule has 0 aliphatic heterocycles. The SMILES string of the molecule is COc1cc(C(=O)N(C)c2ccccc2)ccc1Oc1ccc(Cl)cc1[N+](=O)[O-]. The first-order chi connectivity index (χ1) is 13.9. The Bertz CT molecular complexity index is 1060. The van der Waals surface area contributed by atoms with Gasteiger partial charge in [0, 0.05) is 29.4 Å². The lowest BCUT2D eigenvalue weighted by Crippen LogP contribution is -2.26. The minimum Gasteiger partial charge on any atom is -0.493 e. The average Bonchev–Trinajstić information content (AvgIpc) is 2.74. The molecule has 8 heteroatoms. The van der Waals surface area contributed by atoms with E-state index in [1.165, 1.54) is 42.3 Å². The Hall–Kier alpha value is -3.58. The summed E-state index contributed by atoms with van der Waals surface area (Å²) >= 11 is 5.83. The van der Waals surface area contributed by atoms with Crippen molar-refractivity contribution < 1.29 is 19.2 Å². The standard InChI is InChI=1S/C21H17ClN2O5/c1-23(16-6-4-3-5-7-16)21(25)14-8-10-19(20(12-14)28-2)29-18-11-9-15(22)13-17(18)24(26)27/h3-13H,1-2H3. The van der Waals surface area contributed by atoms with Gasteiger partial charge in [-0.2, -0.15) is 0 Å². The van der Waals surface area contributed by atoms with Crippen LogP contribution in [0.4, 0.5) is 11.4 Å². The molecule has 3 aromatic rings. The first kappa shape index (κ1) is 20.2. The van der Waals surface area contributed by atoms with E-state index in [0.29, 0.717) is 5.56 Å². The van der Waals surface area contributed by atoms with E-state index in [-0.39, 0.29) is 33.9 Å². The number of halogens is 1. The van der Waals surface area contributed by atoms with E-state index in [0.717, 1.165) is 5.69 Å². The van der Waals surface area contributed by atoms with Crippen LogP contribution in [0.25, 0.3) is 0 Å². The Labute approximate surface area is 172 Å². The maximum absolute atomic E-state index is 12.8. The van der Waals surface area contributed by atoms with Crippen LogP contribution in [-0.4, -0.2) is 25.0 Å². The van der Waals surface area contributed by atoms with Crippen molar-refractivity contribution >= 4 is 28.9 Å². The number of hydrogen-bond donors (Lipinski definition) is 0. The van der Waals surface area contributed by atoms with E-state index < -0.39 is 4.92 Å². The highest BCUT2D eigenvalue weighted by Crippen LogP contribution is 2.38. The van der Waals surface area contributed by atoms with Gasteiger partial charge >= 0.3 is 5.69 Å². The Morgan fingerprint density at radius 3 is 2.34 bits per heavy atom. The minimum atomic E-state index is -0.583. The van der Waals surface area contributed by atoms with E-state index in [2.05, 4.69) is 0 Å².